The highest BCUT2D eigenvalue weighted by Gasteiger charge is 2.54. The number of carbonyl (C=O) groups excluding carboxylic acids is 2. The monoisotopic (exact) mass is 527 g/mol. The zero-order chi connectivity index (χ0) is 27.8. The molecule has 0 saturated carbocycles. The van der Waals surface area contributed by atoms with Crippen LogP contribution in [0.25, 0.3) is 6.08 Å². The average Bonchev–Trinajstić information content (AvgIpc) is 3.14. The second-order valence-corrected chi connectivity index (χ2v) is 13.0. The van der Waals surface area contributed by atoms with E-state index in [0.29, 0.717) is 29.0 Å². The molecule has 1 unspecified atom stereocenters. The van der Waals surface area contributed by atoms with Gasteiger partial charge in [0.05, 0.1) is 14.2 Å². The Morgan fingerprint density at radius 1 is 1.14 bits per heavy atom. The molecule has 37 heavy (non-hydrogen) atoms. The predicted octanol–water partition coefficient (Wildman–Crippen LogP) is 5.17. The molecule has 7 nitrogen and oxygen atoms in total. The Bertz CT molecular complexity index is 1340. The Morgan fingerprint density at radius 2 is 1.81 bits per heavy atom. The number of benzene rings is 2. The molecule has 0 bridgehead atoms. The summed E-state index contributed by atoms with van der Waals surface area (Å²) in [6.45, 7) is 10.2. The number of hydrogen-bond donors (Lipinski definition) is 0. The van der Waals surface area contributed by atoms with Crippen LogP contribution >= 0.6 is 0 Å². The van der Waals surface area contributed by atoms with Gasteiger partial charge >= 0.3 is 5.97 Å². The standard InChI is InChI=1S/C29H37NO6S/c1-19(2)17-29(27(32)36-7)18-22-20(14-15-37(8,33)34)10-9-11-24(22)30(29)26(31)21-12-13-23(28(3,4)5)25(16-21)35-6/h9-16,19H,17-18H2,1-8H3/b15-14+. The third kappa shape index (κ3) is 5.74. The summed E-state index contributed by atoms with van der Waals surface area (Å²) in [6, 6.07) is 10.7. The van der Waals surface area contributed by atoms with Crippen LogP contribution < -0.4 is 9.64 Å². The second-order valence-electron chi connectivity index (χ2n) is 11.1. The molecule has 1 heterocycles. The maximum atomic E-state index is 14.2. The van der Waals surface area contributed by atoms with Crippen LogP contribution in [0.5, 0.6) is 5.75 Å². The summed E-state index contributed by atoms with van der Waals surface area (Å²) in [6.07, 6.45) is 3.21. The average molecular weight is 528 g/mol. The van der Waals surface area contributed by atoms with E-state index in [4.69, 9.17) is 9.47 Å². The van der Waals surface area contributed by atoms with E-state index in [2.05, 4.69) is 20.8 Å². The Hall–Kier alpha value is -3.13. The van der Waals surface area contributed by atoms with Crippen molar-refractivity contribution in [2.75, 3.05) is 25.4 Å². The van der Waals surface area contributed by atoms with E-state index in [1.54, 1.807) is 37.4 Å². The van der Waals surface area contributed by atoms with Crippen LogP contribution in [-0.4, -0.2) is 46.3 Å². The molecule has 2 aromatic carbocycles. The molecule has 2 aromatic rings. The first-order valence-electron chi connectivity index (χ1n) is 12.3. The molecule has 3 rings (SSSR count). The minimum absolute atomic E-state index is 0.0662. The number of hydrogen-bond acceptors (Lipinski definition) is 6. The summed E-state index contributed by atoms with van der Waals surface area (Å²) in [5, 5.41) is 1.13. The highest BCUT2D eigenvalue weighted by atomic mass is 32.2. The molecule has 0 fully saturated rings. The molecule has 0 aliphatic carbocycles. The van der Waals surface area contributed by atoms with Crippen molar-refractivity contribution in [1.29, 1.82) is 0 Å². The van der Waals surface area contributed by atoms with Crippen LogP contribution in [0.3, 0.4) is 0 Å². The molecule has 200 valence electrons. The van der Waals surface area contributed by atoms with Gasteiger partial charge in [0, 0.05) is 29.3 Å². The van der Waals surface area contributed by atoms with E-state index < -0.39 is 21.3 Å². The van der Waals surface area contributed by atoms with E-state index in [1.165, 1.54) is 18.1 Å². The van der Waals surface area contributed by atoms with Gasteiger partial charge in [-0.15, -0.1) is 0 Å². The van der Waals surface area contributed by atoms with Gasteiger partial charge < -0.3 is 9.47 Å². The number of rotatable bonds is 7. The summed E-state index contributed by atoms with van der Waals surface area (Å²) >= 11 is 0. The van der Waals surface area contributed by atoms with Crippen molar-refractivity contribution in [2.45, 2.75) is 58.4 Å². The van der Waals surface area contributed by atoms with E-state index in [9.17, 15) is 18.0 Å². The third-order valence-electron chi connectivity index (χ3n) is 6.59. The third-order valence-corrected chi connectivity index (χ3v) is 7.22. The largest absolute Gasteiger partial charge is 0.496 e. The van der Waals surface area contributed by atoms with Gasteiger partial charge in [0.1, 0.15) is 11.3 Å². The summed E-state index contributed by atoms with van der Waals surface area (Å²) in [5.74, 6) is -0.207. The van der Waals surface area contributed by atoms with Gasteiger partial charge in [-0.2, -0.15) is 0 Å². The number of fused-ring (bicyclic) bond motifs is 1. The normalized spacial score (nSPS) is 17.8. The lowest BCUT2D eigenvalue weighted by molar-refractivity contribution is -0.147. The van der Waals surface area contributed by atoms with Crippen molar-refractivity contribution < 1.29 is 27.5 Å². The number of ether oxygens (including phenoxy) is 2. The molecule has 1 amide bonds. The summed E-state index contributed by atoms with van der Waals surface area (Å²) in [5.41, 5.74) is 1.78. The van der Waals surface area contributed by atoms with Gasteiger partial charge in [0.25, 0.3) is 5.91 Å². The number of esters is 1. The minimum atomic E-state index is -3.37. The van der Waals surface area contributed by atoms with Crippen molar-refractivity contribution in [3.63, 3.8) is 0 Å². The van der Waals surface area contributed by atoms with Crippen molar-refractivity contribution in [2.24, 2.45) is 5.92 Å². The number of carbonyl (C=O) groups is 2. The number of nitrogens with zero attached hydrogens (tertiary/aromatic N) is 1. The van der Waals surface area contributed by atoms with E-state index >= 15 is 0 Å². The van der Waals surface area contributed by atoms with Crippen LogP contribution in [0.1, 0.15) is 68.1 Å². The molecule has 0 N–H and O–H groups in total. The smallest absolute Gasteiger partial charge is 0.332 e. The maximum absolute atomic E-state index is 14.2. The van der Waals surface area contributed by atoms with Crippen LogP contribution in [0.2, 0.25) is 0 Å². The van der Waals surface area contributed by atoms with Gasteiger partial charge in [-0.3, -0.25) is 9.69 Å². The molecule has 1 aliphatic heterocycles. The number of amides is 1. The van der Waals surface area contributed by atoms with Gasteiger partial charge in [0.15, 0.2) is 9.84 Å². The first kappa shape index (κ1) is 28.4. The zero-order valence-corrected chi connectivity index (χ0v) is 23.7. The fraction of sp³-hybridized carbons (Fsp3) is 0.448. The van der Waals surface area contributed by atoms with Crippen LogP contribution in [-0.2, 0) is 31.2 Å². The Balaban J connectivity index is 2.26. The maximum Gasteiger partial charge on any atom is 0.332 e. The SMILES string of the molecule is COC(=O)C1(CC(C)C)Cc2c(/C=C/S(C)(=O)=O)cccc2N1C(=O)c1ccc(C(C)(C)C)c(OC)c1. The predicted molar refractivity (Wildman–Crippen MR) is 147 cm³/mol. The van der Waals surface area contributed by atoms with Crippen molar-refractivity contribution in [3.8, 4) is 5.75 Å². The lowest BCUT2D eigenvalue weighted by Crippen LogP contribution is -2.57. The van der Waals surface area contributed by atoms with Crippen molar-refractivity contribution in [3.05, 3.63) is 64.1 Å². The highest BCUT2D eigenvalue weighted by molar-refractivity contribution is 7.93. The van der Waals surface area contributed by atoms with Crippen molar-refractivity contribution >= 4 is 33.5 Å². The zero-order valence-electron chi connectivity index (χ0n) is 22.9. The molecule has 0 spiro atoms. The van der Waals surface area contributed by atoms with Gasteiger partial charge in [-0.05, 0) is 58.7 Å². The van der Waals surface area contributed by atoms with Gasteiger partial charge in [-0.1, -0.05) is 52.8 Å². The summed E-state index contributed by atoms with van der Waals surface area (Å²) in [7, 11) is -0.479. The molecule has 0 saturated heterocycles. The minimum Gasteiger partial charge on any atom is -0.496 e. The number of anilines is 1. The summed E-state index contributed by atoms with van der Waals surface area (Å²) in [4.78, 5) is 29.2. The molecule has 0 aromatic heterocycles. The van der Waals surface area contributed by atoms with E-state index in [0.717, 1.165) is 22.8 Å². The highest BCUT2D eigenvalue weighted by Crippen LogP contribution is 2.46. The lowest BCUT2D eigenvalue weighted by atomic mass is 9.83. The Labute approximate surface area is 220 Å². The first-order chi connectivity index (χ1) is 17.1. The Kier molecular flexibility index (Phi) is 7.94. The fourth-order valence-corrected chi connectivity index (χ4v) is 5.50. The molecule has 8 heteroatoms. The molecular weight excluding hydrogens is 490 g/mol. The number of methoxy groups -OCH3 is 2. The molecule has 0 radical (unpaired) electrons. The Morgan fingerprint density at radius 3 is 2.35 bits per heavy atom. The quantitative estimate of drug-likeness (QED) is 0.462. The molecule has 1 atom stereocenters. The summed E-state index contributed by atoms with van der Waals surface area (Å²) < 4.78 is 34.5. The van der Waals surface area contributed by atoms with E-state index in [1.807, 2.05) is 19.9 Å². The fourth-order valence-electron chi connectivity index (χ4n) is 5.10. The second kappa shape index (κ2) is 10.3. The van der Waals surface area contributed by atoms with Crippen LogP contribution in [0.15, 0.2) is 41.8 Å². The van der Waals surface area contributed by atoms with Crippen LogP contribution in [0, 0.1) is 5.92 Å². The van der Waals surface area contributed by atoms with E-state index in [-0.39, 0.29) is 23.7 Å². The topological polar surface area (TPSA) is 90.0 Å². The first-order valence-corrected chi connectivity index (χ1v) is 14.2. The van der Waals surface area contributed by atoms with Gasteiger partial charge in [-0.25, -0.2) is 13.2 Å². The molecule has 1 aliphatic rings. The lowest BCUT2D eigenvalue weighted by Gasteiger charge is -2.37. The van der Waals surface area contributed by atoms with Crippen LogP contribution in [0.4, 0.5) is 5.69 Å². The number of sulfone groups is 1. The molecular formula is C29H37NO6S. The van der Waals surface area contributed by atoms with Crippen molar-refractivity contribution in [1.82, 2.24) is 0 Å². The van der Waals surface area contributed by atoms with Gasteiger partial charge in [0.2, 0.25) is 0 Å².